The van der Waals surface area contributed by atoms with Crippen molar-refractivity contribution in [2.24, 2.45) is 11.3 Å². The van der Waals surface area contributed by atoms with E-state index in [9.17, 15) is 4.79 Å². The van der Waals surface area contributed by atoms with E-state index in [0.29, 0.717) is 16.4 Å². The fourth-order valence-electron chi connectivity index (χ4n) is 2.30. The zero-order chi connectivity index (χ0) is 14.2. The highest BCUT2D eigenvalue weighted by molar-refractivity contribution is 9.11. The van der Waals surface area contributed by atoms with Crippen molar-refractivity contribution in [3.05, 3.63) is 32.5 Å². The van der Waals surface area contributed by atoms with Gasteiger partial charge >= 0.3 is 0 Å². The molecule has 0 fully saturated rings. The van der Waals surface area contributed by atoms with Gasteiger partial charge in [0.1, 0.15) is 10.5 Å². The molecule has 5 heteroatoms. The van der Waals surface area contributed by atoms with Gasteiger partial charge in [0.05, 0.1) is 9.30 Å². The molecule has 0 aliphatic carbocycles. The Labute approximate surface area is 125 Å². The third-order valence-electron chi connectivity index (χ3n) is 2.75. The molecule has 2 aromatic rings. The van der Waals surface area contributed by atoms with E-state index in [1.807, 2.05) is 12.5 Å². The number of hydrogen-bond donors (Lipinski definition) is 1. The summed E-state index contributed by atoms with van der Waals surface area (Å²) in [6.07, 6.45) is 3.10. The van der Waals surface area contributed by atoms with Gasteiger partial charge in [-0.05, 0) is 39.8 Å². The molecule has 0 amide bonds. The molecule has 2 aromatic heterocycles. The number of thiophene rings is 1. The Kier molecular flexibility index (Phi) is 4.16. The maximum absolute atomic E-state index is 12.0. The molecule has 2 heterocycles. The molecule has 2 rings (SSSR count). The number of rotatable bonds is 3. The van der Waals surface area contributed by atoms with Crippen molar-refractivity contribution in [3.63, 3.8) is 0 Å². The van der Waals surface area contributed by atoms with Gasteiger partial charge in [-0.3, -0.25) is 4.79 Å². The molecule has 0 bridgehead atoms. The highest BCUT2D eigenvalue weighted by Crippen LogP contribution is 2.28. The average Bonchev–Trinajstić information content (AvgIpc) is 2.55. The van der Waals surface area contributed by atoms with Gasteiger partial charge in [0, 0.05) is 6.42 Å². The normalized spacial score (nSPS) is 13.9. The first-order valence-electron chi connectivity index (χ1n) is 6.29. The second-order valence-corrected chi connectivity index (χ2v) is 8.56. The van der Waals surface area contributed by atoms with E-state index in [-0.39, 0.29) is 11.0 Å². The van der Waals surface area contributed by atoms with Crippen molar-refractivity contribution in [3.8, 4) is 0 Å². The quantitative estimate of drug-likeness (QED) is 0.900. The van der Waals surface area contributed by atoms with Crippen LogP contribution in [0, 0.1) is 17.8 Å². The van der Waals surface area contributed by atoms with Gasteiger partial charge in [0.25, 0.3) is 5.56 Å². The Hall–Kier alpha value is -0.680. The van der Waals surface area contributed by atoms with Crippen LogP contribution in [0.2, 0.25) is 0 Å². The van der Waals surface area contributed by atoms with Crippen LogP contribution in [0.4, 0.5) is 0 Å². The summed E-state index contributed by atoms with van der Waals surface area (Å²) < 4.78 is 1.60. The smallest absolute Gasteiger partial charge is 0.268 e. The molecule has 1 N–H and O–H groups in total. The van der Waals surface area contributed by atoms with E-state index in [0.717, 1.165) is 15.7 Å². The first kappa shape index (κ1) is 14.7. The lowest BCUT2D eigenvalue weighted by Crippen LogP contribution is -2.15. The number of H-pyrrole nitrogens is 1. The van der Waals surface area contributed by atoms with Gasteiger partial charge in [0.2, 0.25) is 0 Å². The number of aromatic amines is 1. The van der Waals surface area contributed by atoms with Crippen molar-refractivity contribution in [2.45, 2.75) is 34.1 Å². The molecule has 0 aliphatic heterocycles. The minimum absolute atomic E-state index is 0.0603. The SMILES string of the molecule is C[C@@H]([CH]c1nc2cc(Br)sc2c(=O)[nH]1)CC(C)(C)C. The van der Waals surface area contributed by atoms with Crippen LogP contribution in [0.25, 0.3) is 10.2 Å². The van der Waals surface area contributed by atoms with E-state index >= 15 is 0 Å². The first-order chi connectivity index (χ1) is 8.74. The third kappa shape index (κ3) is 3.89. The molecular formula is C14H18BrN2OS. The molecule has 19 heavy (non-hydrogen) atoms. The number of fused-ring (bicyclic) bond motifs is 1. The Morgan fingerprint density at radius 3 is 2.84 bits per heavy atom. The summed E-state index contributed by atoms with van der Waals surface area (Å²) in [5.41, 5.74) is 0.968. The highest BCUT2D eigenvalue weighted by atomic mass is 79.9. The first-order valence-corrected chi connectivity index (χ1v) is 7.90. The number of nitrogens with zero attached hydrogens (tertiary/aromatic N) is 1. The molecule has 1 atom stereocenters. The molecule has 0 unspecified atom stereocenters. The molecule has 3 nitrogen and oxygen atoms in total. The van der Waals surface area contributed by atoms with E-state index < -0.39 is 0 Å². The fourth-order valence-corrected chi connectivity index (χ4v) is 3.72. The summed E-state index contributed by atoms with van der Waals surface area (Å²) in [6, 6.07) is 1.89. The summed E-state index contributed by atoms with van der Waals surface area (Å²) in [4.78, 5) is 19.3. The van der Waals surface area contributed by atoms with Gasteiger partial charge in [0.15, 0.2) is 0 Å². The number of halogens is 1. The standard InChI is InChI=1S/C14H18BrN2OS/c1-8(7-14(2,3)4)5-11-16-9-6-10(15)19-12(9)13(18)17-11/h5-6,8H,7H2,1-4H3,(H,16,17,18)/t8-/m0/s1. The van der Waals surface area contributed by atoms with Crippen LogP contribution in [-0.2, 0) is 0 Å². The summed E-state index contributed by atoms with van der Waals surface area (Å²) >= 11 is 4.80. The van der Waals surface area contributed by atoms with Crippen molar-refractivity contribution < 1.29 is 0 Å². The summed E-state index contributed by atoms with van der Waals surface area (Å²) in [5, 5.41) is 0. The molecule has 0 aliphatic rings. The van der Waals surface area contributed by atoms with E-state index in [4.69, 9.17) is 0 Å². The van der Waals surface area contributed by atoms with Crippen LogP contribution in [-0.4, -0.2) is 9.97 Å². The molecule has 0 aromatic carbocycles. The maximum atomic E-state index is 12.0. The third-order valence-corrected chi connectivity index (χ3v) is 4.37. The topological polar surface area (TPSA) is 45.8 Å². The summed E-state index contributed by atoms with van der Waals surface area (Å²) in [6.45, 7) is 8.80. The minimum Gasteiger partial charge on any atom is -0.309 e. The lowest BCUT2D eigenvalue weighted by molar-refractivity contribution is 0.328. The lowest BCUT2D eigenvalue weighted by atomic mass is 9.84. The molecular weight excluding hydrogens is 324 g/mol. The van der Waals surface area contributed by atoms with Crippen molar-refractivity contribution in [2.75, 3.05) is 0 Å². The highest BCUT2D eigenvalue weighted by Gasteiger charge is 2.17. The average molecular weight is 342 g/mol. The monoisotopic (exact) mass is 341 g/mol. The fraction of sp³-hybridized carbons (Fsp3) is 0.500. The van der Waals surface area contributed by atoms with Crippen molar-refractivity contribution >= 4 is 37.5 Å². The Morgan fingerprint density at radius 2 is 2.21 bits per heavy atom. The molecule has 0 spiro atoms. The molecule has 1 radical (unpaired) electrons. The van der Waals surface area contributed by atoms with Crippen molar-refractivity contribution in [1.29, 1.82) is 0 Å². The van der Waals surface area contributed by atoms with E-state index in [1.165, 1.54) is 11.3 Å². The second kappa shape index (κ2) is 5.37. The minimum atomic E-state index is -0.0603. The number of aromatic nitrogens is 2. The van der Waals surface area contributed by atoms with Crippen LogP contribution in [0.3, 0.4) is 0 Å². The summed E-state index contributed by atoms with van der Waals surface area (Å²) in [7, 11) is 0. The van der Waals surface area contributed by atoms with Crippen molar-refractivity contribution in [1.82, 2.24) is 9.97 Å². The van der Waals surface area contributed by atoms with Crippen LogP contribution < -0.4 is 5.56 Å². The van der Waals surface area contributed by atoms with E-state index in [2.05, 4.69) is 53.6 Å². The summed E-state index contributed by atoms with van der Waals surface area (Å²) in [5.74, 6) is 1.04. The Morgan fingerprint density at radius 1 is 1.53 bits per heavy atom. The number of hydrogen-bond acceptors (Lipinski definition) is 3. The Balaban J connectivity index is 2.24. The van der Waals surface area contributed by atoms with Gasteiger partial charge in [-0.1, -0.05) is 27.7 Å². The van der Waals surface area contributed by atoms with Gasteiger partial charge in [-0.15, -0.1) is 11.3 Å². The van der Waals surface area contributed by atoms with Crippen LogP contribution in [0.1, 0.15) is 39.9 Å². The molecule has 0 saturated heterocycles. The molecule has 0 saturated carbocycles. The Bertz CT molecular complexity index is 639. The largest absolute Gasteiger partial charge is 0.309 e. The van der Waals surface area contributed by atoms with Gasteiger partial charge in [-0.2, -0.15) is 0 Å². The van der Waals surface area contributed by atoms with Crippen LogP contribution in [0.5, 0.6) is 0 Å². The maximum Gasteiger partial charge on any atom is 0.268 e. The van der Waals surface area contributed by atoms with Crippen LogP contribution in [0.15, 0.2) is 14.6 Å². The second-order valence-electron chi connectivity index (χ2n) is 6.12. The van der Waals surface area contributed by atoms with Gasteiger partial charge < -0.3 is 4.98 Å². The van der Waals surface area contributed by atoms with E-state index in [1.54, 1.807) is 0 Å². The lowest BCUT2D eigenvalue weighted by Gasteiger charge is -2.22. The van der Waals surface area contributed by atoms with Crippen LogP contribution >= 0.6 is 27.3 Å². The predicted molar refractivity (Wildman–Crippen MR) is 84.6 cm³/mol. The zero-order valence-electron chi connectivity index (χ0n) is 11.6. The number of nitrogens with one attached hydrogen (secondary N) is 1. The predicted octanol–water partition coefficient (Wildman–Crippen LogP) is 4.37. The van der Waals surface area contributed by atoms with Gasteiger partial charge in [-0.25, -0.2) is 4.98 Å². The zero-order valence-corrected chi connectivity index (χ0v) is 14.0. The molecule has 103 valence electrons.